The lowest BCUT2D eigenvalue weighted by Gasteiger charge is -2.21. The molecule has 172 valence electrons. The van der Waals surface area contributed by atoms with Crippen molar-refractivity contribution < 1.29 is 29.1 Å². The van der Waals surface area contributed by atoms with E-state index in [2.05, 4.69) is 16.0 Å². The van der Waals surface area contributed by atoms with Gasteiger partial charge in [0.25, 0.3) is 0 Å². The first kappa shape index (κ1) is 27.3. The molecule has 4 amide bonds. The summed E-state index contributed by atoms with van der Waals surface area (Å²) in [6.07, 6.45) is 1.41. The van der Waals surface area contributed by atoms with Crippen LogP contribution in [0.2, 0.25) is 0 Å². The number of unbranched alkanes of at least 4 members (excludes halogenated alkanes) is 1. The van der Waals surface area contributed by atoms with Crippen LogP contribution in [0.5, 0.6) is 0 Å². The van der Waals surface area contributed by atoms with Crippen molar-refractivity contribution in [1.82, 2.24) is 16.0 Å². The van der Waals surface area contributed by atoms with Gasteiger partial charge in [-0.3, -0.25) is 19.2 Å². The Morgan fingerprint density at radius 3 is 2.10 bits per heavy atom. The van der Waals surface area contributed by atoms with Crippen LogP contribution in [0, 0.1) is 5.92 Å². The van der Waals surface area contributed by atoms with Crippen LogP contribution in [0.15, 0.2) is 0 Å². The molecule has 0 aromatic carbocycles. The molecule has 0 spiro atoms. The molecule has 0 heterocycles. The van der Waals surface area contributed by atoms with Gasteiger partial charge in [-0.05, 0) is 38.1 Å². The number of nitrogens with two attached hydrogens (primary N) is 3. The molecule has 3 unspecified atom stereocenters. The third-order valence-electron chi connectivity index (χ3n) is 4.29. The Morgan fingerprint density at radius 2 is 1.60 bits per heavy atom. The minimum Gasteiger partial charge on any atom is -0.480 e. The maximum absolute atomic E-state index is 12.5. The number of rotatable bonds is 15. The van der Waals surface area contributed by atoms with E-state index in [1.807, 2.05) is 0 Å². The number of hydrogen-bond donors (Lipinski definition) is 7. The van der Waals surface area contributed by atoms with E-state index < -0.39 is 54.3 Å². The fourth-order valence-corrected chi connectivity index (χ4v) is 2.50. The topological polar surface area (TPSA) is 220 Å². The van der Waals surface area contributed by atoms with Gasteiger partial charge in [-0.25, -0.2) is 4.79 Å². The fourth-order valence-electron chi connectivity index (χ4n) is 2.50. The molecule has 0 saturated heterocycles. The summed E-state index contributed by atoms with van der Waals surface area (Å²) in [5, 5.41) is 16.3. The van der Waals surface area contributed by atoms with Crippen molar-refractivity contribution >= 4 is 29.6 Å². The summed E-state index contributed by atoms with van der Waals surface area (Å²) in [4.78, 5) is 58.6. The highest BCUT2D eigenvalue weighted by Gasteiger charge is 2.26. The third-order valence-corrected chi connectivity index (χ3v) is 4.29. The van der Waals surface area contributed by atoms with Crippen molar-refractivity contribution in [2.45, 2.75) is 64.1 Å². The highest BCUT2D eigenvalue weighted by Crippen LogP contribution is 2.04. The van der Waals surface area contributed by atoms with Gasteiger partial charge in [-0.2, -0.15) is 0 Å². The van der Waals surface area contributed by atoms with Crippen LogP contribution in [0.25, 0.3) is 0 Å². The van der Waals surface area contributed by atoms with E-state index in [-0.39, 0.29) is 25.2 Å². The van der Waals surface area contributed by atoms with Crippen LogP contribution in [-0.4, -0.2) is 65.9 Å². The Bertz CT molecular complexity index is 612. The predicted octanol–water partition coefficient (Wildman–Crippen LogP) is -2.47. The van der Waals surface area contributed by atoms with Crippen molar-refractivity contribution in [3.05, 3.63) is 0 Å². The molecule has 0 aliphatic carbocycles. The van der Waals surface area contributed by atoms with E-state index in [9.17, 15) is 24.0 Å². The van der Waals surface area contributed by atoms with Gasteiger partial charge in [0.2, 0.25) is 23.6 Å². The summed E-state index contributed by atoms with van der Waals surface area (Å²) in [7, 11) is 0. The molecule has 12 heteroatoms. The highest BCUT2D eigenvalue weighted by atomic mass is 16.4. The summed E-state index contributed by atoms with van der Waals surface area (Å²) in [6.45, 7) is 3.24. The zero-order valence-electron chi connectivity index (χ0n) is 17.5. The van der Waals surface area contributed by atoms with Crippen molar-refractivity contribution in [2.24, 2.45) is 23.1 Å². The Kier molecular flexibility index (Phi) is 13.0. The maximum atomic E-state index is 12.5. The summed E-state index contributed by atoms with van der Waals surface area (Å²) in [5.41, 5.74) is 16.2. The second-order valence-corrected chi connectivity index (χ2v) is 7.30. The van der Waals surface area contributed by atoms with E-state index in [0.717, 1.165) is 0 Å². The Labute approximate surface area is 175 Å². The van der Waals surface area contributed by atoms with Crippen molar-refractivity contribution in [3.8, 4) is 0 Å². The van der Waals surface area contributed by atoms with Gasteiger partial charge >= 0.3 is 5.97 Å². The number of aliphatic carboxylic acids is 1. The number of carbonyl (C=O) groups is 5. The second-order valence-electron chi connectivity index (χ2n) is 7.30. The van der Waals surface area contributed by atoms with Crippen LogP contribution in [0.3, 0.4) is 0 Å². The molecule has 12 nitrogen and oxygen atoms in total. The summed E-state index contributed by atoms with van der Waals surface area (Å²) in [5.74, 6) is -4.03. The molecule has 0 aromatic heterocycles. The van der Waals surface area contributed by atoms with E-state index in [1.54, 1.807) is 13.8 Å². The SMILES string of the molecule is CC(C)C(NC(=O)CNC(=O)C(CCCCN)NC(=O)C(N)CCC(N)=O)C(=O)O. The molecule has 3 atom stereocenters. The average Bonchev–Trinajstić information content (AvgIpc) is 2.66. The lowest BCUT2D eigenvalue weighted by atomic mass is 10.0. The number of amides is 4. The van der Waals surface area contributed by atoms with Gasteiger partial charge in [0, 0.05) is 6.42 Å². The predicted molar refractivity (Wildman–Crippen MR) is 109 cm³/mol. The first-order chi connectivity index (χ1) is 14.0. The van der Waals surface area contributed by atoms with E-state index >= 15 is 0 Å². The highest BCUT2D eigenvalue weighted by molar-refractivity contribution is 5.92. The van der Waals surface area contributed by atoms with Crippen molar-refractivity contribution in [1.29, 1.82) is 0 Å². The molecule has 0 rings (SSSR count). The zero-order chi connectivity index (χ0) is 23.3. The molecule has 0 aliphatic rings. The van der Waals surface area contributed by atoms with Gasteiger partial charge in [0.1, 0.15) is 12.1 Å². The Balaban J connectivity index is 4.84. The maximum Gasteiger partial charge on any atom is 0.326 e. The van der Waals surface area contributed by atoms with Gasteiger partial charge in [0.05, 0.1) is 12.6 Å². The normalized spacial score (nSPS) is 13.8. The molecule has 0 aromatic rings. The van der Waals surface area contributed by atoms with Crippen LogP contribution in [-0.2, 0) is 24.0 Å². The minimum absolute atomic E-state index is 0.0342. The second kappa shape index (κ2) is 14.3. The Hall–Kier alpha value is -2.73. The minimum atomic E-state index is -1.18. The van der Waals surface area contributed by atoms with E-state index in [1.165, 1.54) is 0 Å². The molecule has 30 heavy (non-hydrogen) atoms. The summed E-state index contributed by atoms with van der Waals surface area (Å²) >= 11 is 0. The molecule has 0 bridgehead atoms. The number of carbonyl (C=O) groups excluding carboxylic acids is 4. The fraction of sp³-hybridized carbons (Fsp3) is 0.722. The molecule has 0 saturated carbocycles. The lowest BCUT2D eigenvalue weighted by Crippen LogP contribution is -2.54. The quantitative estimate of drug-likeness (QED) is 0.138. The smallest absolute Gasteiger partial charge is 0.326 e. The molecule has 0 fully saturated rings. The number of carboxylic acid groups (broad SMARTS) is 1. The first-order valence-corrected chi connectivity index (χ1v) is 9.83. The zero-order valence-corrected chi connectivity index (χ0v) is 17.5. The molecular formula is C18H34N6O6. The van der Waals surface area contributed by atoms with Crippen LogP contribution >= 0.6 is 0 Å². The third kappa shape index (κ3) is 11.3. The summed E-state index contributed by atoms with van der Waals surface area (Å²) < 4.78 is 0. The molecular weight excluding hydrogens is 396 g/mol. The van der Waals surface area contributed by atoms with Gasteiger partial charge < -0.3 is 38.3 Å². The summed E-state index contributed by atoms with van der Waals surface area (Å²) in [6, 6.07) is -3.07. The molecule has 0 aliphatic heterocycles. The number of hydrogen-bond acceptors (Lipinski definition) is 7. The number of primary amides is 1. The molecule has 10 N–H and O–H groups in total. The van der Waals surface area contributed by atoms with E-state index in [0.29, 0.717) is 19.4 Å². The monoisotopic (exact) mass is 430 g/mol. The largest absolute Gasteiger partial charge is 0.480 e. The number of nitrogens with one attached hydrogen (secondary N) is 3. The number of carboxylic acids is 1. The standard InChI is InChI=1S/C18H34N6O6/c1-10(2)15(18(29)30)24-14(26)9-22-17(28)12(5-3-4-8-19)23-16(27)11(20)6-7-13(21)25/h10-12,15H,3-9,19-20H2,1-2H3,(H2,21,25)(H,22,28)(H,23,27)(H,24,26)(H,29,30). The van der Waals surface area contributed by atoms with Crippen LogP contribution < -0.4 is 33.2 Å². The lowest BCUT2D eigenvalue weighted by molar-refractivity contribution is -0.143. The molecule has 0 radical (unpaired) electrons. The first-order valence-electron chi connectivity index (χ1n) is 9.83. The van der Waals surface area contributed by atoms with Gasteiger partial charge in [-0.15, -0.1) is 0 Å². The van der Waals surface area contributed by atoms with Crippen molar-refractivity contribution in [2.75, 3.05) is 13.1 Å². The van der Waals surface area contributed by atoms with Crippen LogP contribution in [0.4, 0.5) is 0 Å². The van der Waals surface area contributed by atoms with Gasteiger partial charge in [-0.1, -0.05) is 13.8 Å². The Morgan fingerprint density at radius 1 is 0.967 bits per heavy atom. The average molecular weight is 431 g/mol. The van der Waals surface area contributed by atoms with Gasteiger partial charge in [0.15, 0.2) is 0 Å². The van der Waals surface area contributed by atoms with E-state index in [4.69, 9.17) is 22.3 Å². The van der Waals surface area contributed by atoms with Crippen molar-refractivity contribution in [3.63, 3.8) is 0 Å². The van der Waals surface area contributed by atoms with Crippen LogP contribution in [0.1, 0.15) is 46.0 Å².